The third kappa shape index (κ3) is 4.23. The van der Waals surface area contributed by atoms with Crippen molar-refractivity contribution in [3.63, 3.8) is 0 Å². The average Bonchev–Trinajstić information content (AvgIpc) is 3.05. The summed E-state index contributed by atoms with van der Waals surface area (Å²) < 4.78 is 53.2. The minimum atomic E-state index is -4.05. The molecule has 1 aliphatic heterocycles. The van der Waals surface area contributed by atoms with Crippen molar-refractivity contribution in [2.45, 2.75) is 30.2 Å². The van der Waals surface area contributed by atoms with E-state index in [4.69, 9.17) is 9.47 Å². The molecule has 0 aromatic heterocycles. The van der Waals surface area contributed by atoms with Crippen LogP contribution in [0.3, 0.4) is 0 Å². The van der Waals surface area contributed by atoms with E-state index in [2.05, 4.69) is 0 Å². The summed E-state index contributed by atoms with van der Waals surface area (Å²) in [5, 5.41) is 9.30. The Morgan fingerprint density at radius 2 is 1.73 bits per heavy atom. The first-order valence-electron chi connectivity index (χ1n) is 10.2. The van der Waals surface area contributed by atoms with Gasteiger partial charge in [0.1, 0.15) is 11.6 Å². The van der Waals surface area contributed by atoms with Crippen LogP contribution >= 0.6 is 0 Å². The molecule has 3 aromatic rings. The Bertz CT molecular complexity index is 1290. The normalized spacial score (nSPS) is 17.5. The van der Waals surface area contributed by atoms with Gasteiger partial charge in [0.05, 0.1) is 30.2 Å². The third-order valence-electron chi connectivity index (χ3n) is 5.65. The molecular weight excluding hydrogens is 449 g/mol. The van der Waals surface area contributed by atoms with Crippen LogP contribution in [0.25, 0.3) is 0 Å². The molecule has 9 heteroatoms. The Morgan fingerprint density at radius 1 is 1.06 bits per heavy atom. The number of rotatable bonds is 7. The van der Waals surface area contributed by atoms with Crippen molar-refractivity contribution in [3.05, 3.63) is 78.1 Å². The zero-order valence-corrected chi connectivity index (χ0v) is 18.8. The van der Waals surface area contributed by atoms with Gasteiger partial charge < -0.3 is 14.6 Å². The molecule has 0 amide bonds. The summed E-state index contributed by atoms with van der Waals surface area (Å²) in [6.07, 6.45) is -0.310. The molecule has 0 radical (unpaired) electrons. The fraction of sp³-hybridized carbons (Fsp3) is 0.208. The summed E-state index contributed by atoms with van der Waals surface area (Å²) in [5.74, 6) is -0.868. The number of para-hydroxylation sites is 2. The quantitative estimate of drug-likeness (QED) is 0.533. The van der Waals surface area contributed by atoms with Crippen LogP contribution in [0.15, 0.2) is 71.6 Å². The minimum Gasteiger partial charge on any atom is -0.493 e. The minimum absolute atomic E-state index is 0.00739. The van der Waals surface area contributed by atoms with Gasteiger partial charge in [-0.15, -0.1) is 0 Å². The largest absolute Gasteiger partial charge is 0.493 e. The number of hydrogen-bond donors (Lipinski definition) is 1. The average molecular weight is 472 g/mol. The van der Waals surface area contributed by atoms with Gasteiger partial charge in [-0.3, -0.25) is 9.10 Å². The summed E-state index contributed by atoms with van der Waals surface area (Å²) in [5.41, 5.74) is 0.647. The number of carboxylic acids is 1. The zero-order chi connectivity index (χ0) is 23.8. The van der Waals surface area contributed by atoms with Crippen molar-refractivity contribution in [2.24, 2.45) is 0 Å². The second-order valence-corrected chi connectivity index (χ2v) is 9.49. The molecule has 0 saturated carbocycles. The van der Waals surface area contributed by atoms with E-state index in [1.165, 1.54) is 53.9 Å². The Kier molecular flexibility index (Phi) is 5.99. The van der Waals surface area contributed by atoms with Gasteiger partial charge in [-0.1, -0.05) is 12.1 Å². The third-order valence-corrected chi connectivity index (χ3v) is 7.57. The number of fused-ring (bicyclic) bond motifs is 1. The number of methoxy groups -OCH3 is 1. The summed E-state index contributed by atoms with van der Waals surface area (Å²) >= 11 is 0. The van der Waals surface area contributed by atoms with Crippen molar-refractivity contribution in [3.8, 4) is 17.2 Å². The maximum atomic E-state index is 13.9. The highest BCUT2D eigenvalue weighted by atomic mass is 32.2. The summed E-state index contributed by atoms with van der Waals surface area (Å²) in [6.45, 7) is 1.63. The molecule has 3 aromatic carbocycles. The Labute approximate surface area is 191 Å². The molecule has 172 valence electrons. The number of hydrogen-bond acceptors (Lipinski definition) is 5. The molecule has 0 bridgehead atoms. The predicted molar refractivity (Wildman–Crippen MR) is 120 cm³/mol. The maximum Gasteiger partial charge on any atom is 0.304 e. The SMILES string of the molecule is COc1ccccc1Oc1ccc(S(=O)(=O)N2c3ccc(F)cc3C(CC(=O)O)C2C)cc1. The Morgan fingerprint density at radius 3 is 2.36 bits per heavy atom. The molecule has 33 heavy (non-hydrogen) atoms. The second-order valence-electron chi connectivity index (χ2n) is 7.67. The van der Waals surface area contributed by atoms with Crippen LogP contribution in [-0.2, 0) is 14.8 Å². The van der Waals surface area contributed by atoms with Gasteiger partial charge >= 0.3 is 5.97 Å². The number of carbonyl (C=O) groups is 1. The molecule has 2 unspecified atom stereocenters. The number of halogens is 1. The number of sulfonamides is 1. The smallest absolute Gasteiger partial charge is 0.304 e. The molecular formula is C24H22FNO6S. The van der Waals surface area contributed by atoms with Crippen LogP contribution < -0.4 is 13.8 Å². The molecule has 1 aliphatic rings. The van der Waals surface area contributed by atoms with Crippen LogP contribution in [0.2, 0.25) is 0 Å². The number of nitrogens with zero attached hydrogens (tertiary/aromatic N) is 1. The van der Waals surface area contributed by atoms with Crippen LogP contribution in [0.1, 0.15) is 24.8 Å². The van der Waals surface area contributed by atoms with Crippen LogP contribution in [0, 0.1) is 5.82 Å². The maximum absolute atomic E-state index is 13.9. The molecule has 1 N–H and O–H groups in total. The highest BCUT2D eigenvalue weighted by molar-refractivity contribution is 7.92. The lowest BCUT2D eigenvalue weighted by Crippen LogP contribution is -2.37. The molecule has 4 rings (SSSR count). The van der Waals surface area contributed by atoms with E-state index in [-0.39, 0.29) is 17.0 Å². The van der Waals surface area contributed by atoms with E-state index in [9.17, 15) is 22.7 Å². The first kappa shape index (κ1) is 22.6. The molecule has 0 spiro atoms. The van der Waals surface area contributed by atoms with E-state index in [1.54, 1.807) is 31.2 Å². The van der Waals surface area contributed by atoms with Crippen molar-refractivity contribution >= 4 is 21.7 Å². The highest BCUT2D eigenvalue weighted by Gasteiger charge is 2.43. The van der Waals surface area contributed by atoms with Gasteiger partial charge in [0.25, 0.3) is 10.0 Å². The topological polar surface area (TPSA) is 93.1 Å². The summed E-state index contributed by atoms with van der Waals surface area (Å²) in [6, 6.07) is 16.0. The zero-order valence-electron chi connectivity index (χ0n) is 17.9. The molecule has 0 fully saturated rings. The van der Waals surface area contributed by atoms with Crippen molar-refractivity contribution < 1.29 is 32.2 Å². The molecule has 0 aliphatic carbocycles. The lowest BCUT2D eigenvalue weighted by Gasteiger charge is -2.26. The fourth-order valence-electron chi connectivity index (χ4n) is 4.11. The van der Waals surface area contributed by atoms with Crippen LogP contribution in [-0.4, -0.2) is 32.6 Å². The lowest BCUT2D eigenvalue weighted by atomic mass is 9.93. The van der Waals surface area contributed by atoms with Gasteiger partial charge in [0, 0.05) is 5.92 Å². The van der Waals surface area contributed by atoms with E-state index in [0.717, 1.165) is 0 Å². The number of anilines is 1. The monoisotopic (exact) mass is 471 g/mol. The predicted octanol–water partition coefficient (Wildman–Crippen LogP) is 4.78. The van der Waals surface area contributed by atoms with Crippen LogP contribution in [0.4, 0.5) is 10.1 Å². The number of ether oxygens (including phenoxy) is 2. The van der Waals surface area contributed by atoms with E-state index in [0.29, 0.717) is 22.8 Å². The van der Waals surface area contributed by atoms with Gasteiger partial charge in [-0.05, 0) is 67.1 Å². The van der Waals surface area contributed by atoms with Gasteiger partial charge in [0.15, 0.2) is 11.5 Å². The Hall–Kier alpha value is -3.59. The molecule has 0 saturated heterocycles. The van der Waals surface area contributed by atoms with Gasteiger partial charge in [-0.25, -0.2) is 12.8 Å². The summed E-state index contributed by atoms with van der Waals surface area (Å²) in [4.78, 5) is 11.4. The fourth-order valence-corrected chi connectivity index (χ4v) is 5.82. The molecule has 2 atom stereocenters. The van der Waals surface area contributed by atoms with Crippen molar-refractivity contribution in [1.82, 2.24) is 0 Å². The Balaban J connectivity index is 1.66. The van der Waals surface area contributed by atoms with Crippen molar-refractivity contribution in [1.29, 1.82) is 0 Å². The number of aliphatic carboxylic acids is 1. The van der Waals surface area contributed by atoms with Gasteiger partial charge in [-0.2, -0.15) is 0 Å². The lowest BCUT2D eigenvalue weighted by molar-refractivity contribution is -0.137. The first-order valence-corrected chi connectivity index (χ1v) is 11.6. The standard InChI is InChI=1S/C24H22FNO6S/c1-15-19(14-24(27)28)20-13-16(25)7-12-21(20)26(15)33(29,30)18-10-8-17(9-11-18)32-23-6-4-3-5-22(23)31-2/h3-13,15,19H,14H2,1-2H3,(H,27,28). The van der Waals surface area contributed by atoms with Crippen molar-refractivity contribution in [2.75, 3.05) is 11.4 Å². The number of carboxylic acid groups (broad SMARTS) is 1. The highest BCUT2D eigenvalue weighted by Crippen LogP contribution is 2.46. The van der Waals surface area contributed by atoms with E-state index < -0.39 is 33.8 Å². The van der Waals surface area contributed by atoms with E-state index >= 15 is 0 Å². The first-order chi connectivity index (χ1) is 15.7. The molecule has 1 heterocycles. The van der Waals surface area contributed by atoms with Gasteiger partial charge in [0.2, 0.25) is 0 Å². The van der Waals surface area contributed by atoms with E-state index in [1.807, 2.05) is 0 Å². The molecule has 7 nitrogen and oxygen atoms in total. The second kappa shape index (κ2) is 8.74. The number of benzene rings is 3. The summed E-state index contributed by atoms with van der Waals surface area (Å²) in [7, 11) is -2.52. The van der Waals surface area contributed by atoms with Crippen LogP contribution in [0.5, 0.6) is 17.2 Å².